The normalized spacial score (nSPS) is 20.3. The van der Waals surface area contributed by atoms with Gasteiger partial charge in [0.25, 0.3) is 0 Å². The fourth-order valence-electron chi connectivity index (χ4n) is 2.42. The average molecular weight is 235 g/mol. The third-order valence-electron chi connectivity index (χ3n) is 3.61. The molecule has 0 aromatic heterocycles. The Kier molecular flexibility index (Phi) is 3.93. The summed E-state index contributed by atoms with van der Waals surface area (Å²) in [5.74, 6) is 0. The van der Waals surface area contributed by atoms with E-state index < -0.39 is 0 Å². The minimum Gasteiger partial charge on any atom is -0.314 e. The lowest BCUT2D eigenvalue weighted by molar-refractivity contribution is 0.600. The van der Waals surface area contributed by atoms with E-state index >= 15 is 0 Å². The van der Waals surface area contributed by atoms with E-state index in [-0.39, 0.29) is 0 Å². The maximum Gasteiger partial charge on any atom is 0.0108 e. The van der Waals surface area contributed by atoms with Gasteiger partial charge >= 0.3 is 0 Å². The van der Waals surface area contributed by atoms with Crippen LogP contribution in [0.4, 0.5) is 0 Å². The first-order valence-corrected chi connectivity index (χ1v) is 7.30. The highest BCUT2D eigenvalue weighted by molar-refractivity contribution is 7.98. The summed E-state index contributed by atoms with van der Waals surface area (Å²) in [6, 6.07) is 5.37. The van der Waals surface area contributed by atoms with Gasteiger partial charge in [0.2, 0.25) is 0 Å². The second kappa shape index (κ2) is 5.24. The van der Waals surface area contributed by atoms with Gasteiger partial charge in [-0.1, -0.05) is 0 Å². The summed E-state index contributed by atoms with van der Waals surface area (Å²) in [7, 11) is 0. The van der Waals surface area contributed by atoms with Crippen molar-refractivity contribution in [1.82, 2.24) is 5.32 Å². The van der Waals surface area contributed by atoms with Crippen LogP contribution in [-0.2, 0) is 6.42 Å². The Morgan fingerprint density at radius 1 is 1.38 bits per heavy atom. The van der Waals surface area contributed by atoms with Crippen LogP contribution in [0.25, 0.3) is 0 Å². The zero-order valence-electron chi connectivity index (χ0n) is 10.5. The molecular formula is C14H21NS. The number of benzene rings is 1. The summed E-state index contributed by atoms with van der Waals surface area (Å²) in [4.78, 5) is 1.40. The first kappa shape index (κ1) is 12.0. The summed E-state index contributed by atoms with van der Waals surface area (Å²) >= 11 is 1.84. The van der Waals surface area contributed by atoms with Crippen LogP contribution >= 0.6 is 11.8 Å². The van der Waals surface area contributed by atoms with E-state index in [2.05, 4.69) is 37.6 Å². The Morgan fingerprint density at radius 2 is 2.19 bits per heavy atom. The summed E-state index contributed by atoms with van der Waals surface area (Å²) in [6.07, 6.45) is 6.02. The van der Waals surface area contributed by atoms with Crippen LogP contribution in [0.1, 0.15) is 29.5 Å². The lowest BCUT2D eigenvalue weighted by Crippen LogP contribution is -2.24. The molecule has 0 aliphatic carbocycles. The molecule has 1 aromatic carbocycles. The molecule has 2 rings (SSSR count). The van der Waals surface area contributed by atoms with E-state index in [1.165, 1.54) is 47.4 Å². The van der Waals surface area contributed by atoms with Crippen LogP contribution in [0.15, 0.2) is 17.0 Å². The molecule has 0 spiro atoms. The minimum atomic E-state index is 0.704. The standard InChI is InChI=1S/C14H21NS/c1-10-7-14(16-3)9-12(11(10)2)8-13-5-4-6-15-13/h7,9,13,15H,4-6,8H2,1-3H3. The molecule has 16 heavy (non-hydrogen) atoms. The van der Waals surface area contributed by atoms with Gasteiger partial charge in [-0.3, -0.25) is 0 Å². The Bertz CT molecular complexity index is 367. The SMILES string of the molecule is CSc1cc(C)c(C)c(CC2CCCN2)c1. The quantitative estimate of drug-likeness (QED) is 0.807. The number of thioether (sulfide) groups is 1. The Balaban J connectivity index is 2.20. The molecule has 1 fully saturated rings. The molecule has 1 aliphatic heterocycles. The lowest BCUT2D eigenvalue weighted by Gasteiger charge is -2.15. The van der Waals surface area contributed by atoms with Crippen molar-refractivity contribution in [3.63, 3.8) is 0 Å². The van der Waals surface area contributed by atoms with Crippen molar-refractivity contribution in [2.75, 3.05) is 12.8 Å². The summed E-state index contributed by atoms with van der Waals surface area (Å²) in [6.45, 7) is 5.68. The van der Waals surface area contributed by atoms with Crippen LogP contribution in [-0.4, -0.2) is 18.8 Å². The first-order chi connectivity index (χ1) is 7.70. The van der Waals surface area contributed by atoms with Crippen molar-refractivity contribution in [2.24, 2.45) is 0 Å². The van der Waals surface area contributed by atoms with Crippen LogP contribution in [0.3, 0.4) is 0 Å². The molecule has 1 aromatic rings. The van der Waals surface area contributed by atoms with Gasteiger partial charge in [0.1, 0.15) is 0 Å². The van der Waals surface area contributed by atoms with Crippen molar-refractivity contribution in [3.8, 4) is 0 Å². The topological polar surface area (TPSA) is 12.0 Å². The third kappa shape index (κ3) is 2.61. The van der Waals surface area contributed by atoms with Crippen molar-refractivity contribution < 1.29 is 0 Å². The maximum absolute atomic E-state index is 3.58. The largest absolute Gasteiger partial charge is 0.314 e. The van der Waals surface area contributed by atoms with E-state index in [9.17, 15) is 0 Å². The molecule has 1 aliphatic rings. The minimum absolute atomic E-state index is 0.704. The zero-order valence-corrected chi connectivity index (χ0v) is 11.3. The van der Waals surface area contributed by atoms with Crippen molar-refractivity contribution in [3.05, 3.63) is 28.8 Å². The van der Waals surface area contributed by atoms with Gasteiger partial charge < -0.3 is 5.32 Å². The van der Waals surface area contributed by atoms with E-state index in [1.54, 1.807) is 0 Å². The van der Waals surface area contributed by atoms with Crippen molar-refractivity contribution in [2.45, 2.75) is 44.0 Å². The van der Waals surface area contributed by atoms with E-state index in [4.69, 9.17) is 0 Å². The van der Waals surface area contributed by atoms with E-state index in [0.29, 0.717) is 6.04 Å². The molecule has 1 nitrogen and oxygen atoms in total. The van der Waals surface area contributed by atoms with Gasteiger partial charge in [-0.15, -0.1) is 11.8 Å². The predicted octanol–water partition coefficient (Wildman–Crippen LogP) is 3.32. The molecule has 2 heteroatoms. The van der Waals surface area contributed by atoms with Gasteiger partial charge in [-0.25, -0.2) is 0 Å². The fourth-order valence-corrected chi connectivity index (χ4v) is 2.98. The second-order valence-corrected chi connectivity index (χ2v) is 5.61. The Hall–Kier alpha value is -0.470. The molecule has 88 valence electrons. The number of aryl methyl sites for hydroxylation is 1. The summed E-state index contributed by atoms with van der Waals surface area (Å²) in [5, 5.41) is 3.58. The summed E-state index contributed by atoms with van der Waals surface area (Å²) in [5.41, 5.74) is 4.44. The second-order valence-electron chi connectivity index (χ2n) is 4.73. The van der Waals surface area contributed by atoms with Gasteiger partial charge in [0.05, 0.1) is 0 Å². The highest BCUT2D eigenvalue weighted by atomic mass is 32.2. The molecule has 0 saturated carbocycles. The van der Waals surface area contributed by atoms with Crippen LogP contribution in [0.2, 0.25) is 0 Å². The highest BCUT2D eigenvalue weighted by Gasteiger charge is 2.16. The predicted molar refractivity (Wildman–Crippen MR) is 72.4 cm³/mol. The van der Waals surface area contributed by atoms with Crippen LogP contribution < -0.4 is 5.32 Å². The van der Waals surface area contributed by atoms with Crippen LogP contribution in [0, 0.1) is 13.8 Å². The molecule has 1 unspecified atom stereocenters. The van der Waals surface area contributed by atoms with Gasteiger partial charge in [0.15, 0.2) is 0 Å². The van der Waals surface area contributed by atoms with Gasteiger partial charge in [0, 0.05) is 10.9 Å². The van der Waals surface area contributed by atoms with E-state index in [1.807, 2.05) is 11.8 Å². The maximum atomic E-state index is 3.58. The van der Waals surface area contributed by atoms with Crippen molar-refractivity contribution >= 4 is 11.8 Å². The lowest BCUT2D eigenvalue weighted by atomic mass is 9.97. The first-order valence-electron chi connectivity index (χ1n) is 6.08. The molecular weight excluding hydrogens is 214 g/mol. The van der Waals surface area contributed by atoms with Gasteiger partial charge in [-0.05, 0) is 74.7 Å². The molecule has 1 heterocycles. The molecule has 0 radical (unpaired) electrons. The number of hydrogen-bond donors (Lipinski definition) is 1. The molecule has 1 saturated heterocycles. The van der Waals surface area contributed by atoms with E-state index in [0.717, 1.165) is 0 Å². The Labute approximate surface area is 103 Å². The third-order valence-corrected chi connectivity index (χ3v) is 4.32. The smallest absolute Gasteiger partial charge is 0.0108 e. The number of rotatable bonds is 3. The fraction of sp³-hybridized carbons (Fsp3) is 0.571. The Morgan fingerprint density at radius 3 is 2.81 bits per heavy atom. The van der Waals surface area contributed by atoms with Crippen molar-refractivity contribution in [1.29, 1.82) is 0 Å². The monoisotopic (exact) mass is 235 g/mol. The summed E-state index contributed by atoms with van der Waals surface area (Å²) < 4.78 is 0. The molecule has 0 amide bonds. The number of nitrogens with one attached hydrogen (secondary N) is 1. The van der Waals surface area contributed by atoms with Gasteiger partial charge in [-0.2, -0.15) is 0 Å². The number of hydrogen-bond acceptors (Lipinski definition) is 2. The highest BCUT2D eigenvalue weighted by Crippen LogP contribution is 2.24. The van der Waals surface area contributed by atoms with Crippen LogP contribution in [0.5, 0.6) is 0 Å². The molecule has 1 atom stereocenters. The molecule has 0 bridgehead atoms. The molecule has 1 N–H and O–H groups in total. The zero-order chi connectivity index (χ0) is 11.5. The average Bonchev–Trinajstić information content (AvgIpc) is 2.77.